The maximum Gasteiger partial charge on any atom is 0.105 e. The molecule has 0 aliphatic carbocycles. The second-order valence-electron chi connectivity index (χ2n) is 5.12. The summed E-state index contributed by atoms with van der Waals surface area (Å²) in [6.45, 7) is 4.09. The molecule has 0 heterocycles. The molecule has 0 aromatic heterocycles. The van der Waals surface area contributed by atoms with E-state index in [-0.39, 0.29) is 5.92 Å². The van der Waals surface area contributed by atoms with Crippen LogP contribution in [0.25, 0.3) is 10.8 Å². The summed E-state index contributed by atoms with van der Waals surface area (Å²) in [6, 6.07) is 13.9. The summed E-state index contributed by atoms with van der Waals surface area (Å²) in [5.74, 6) is 0.140. The molecule has 2 unspecified atom stereocenters. The van der Waals surface area contributed by atoms with Gasteiger partial charge in [0.2, 0.25) is 0 Å². The van der Waals surface area contributed by atoms with Crippen LogP contribution < -0.4 is 0 Å². The third kappa shape index (κ3) is 2.96. The van der Waals surface area contributed by atoms with E-state index < -0.39 is 12.2 Å². The van der Waals surface area contributed by atoms with Crippen molar-refractivity contribution in [1.82, 2.24) is 0 Å². The van der Waals surface area contributed by atoms with Crippen molar-refractivity contribution in [1.29, 1.82) is 0 Å². The molecule has 0 aliphatic rings. The van der Waals surface area contributed by atoms with Crippen LogP contribution in [0, 0.1) is 5.92 Å². The van der Waals surface area contributed by atoms with Crippen molar-refractivity contribution in [2.45, 2.75) is 38.9 Å². The van der Waals surface area contributed by atoms with Crippen LogP contribution in [-0.2, 0) is 0 Å². The van der Waals surface area contributed by atoms with Crippen molar-refractivity contribution in [2.75, 3.05) is 0 Å². The first-order chi connectivity index (χ1) is 9.17. The Morgan fingerprint density at radius 1 is 0.895 bits per heavy atom. The second-order valence-corrected chi connectivity index (χ2v) is 5.12. The fourth-order valence-corrected chi connectivity index (χ4v) is 2.62. The zero-order valence-electron chi connectivity index (χ0n) is 11.6. The molecule has 19 heavy (non-hydrogen) atoms. The van der Waals surface area contributed by atoms with Crippen molar-refractivity contribution in [3.05, 3.63) is 48.0 Å². The SMILES string of the molecule is CCC(CC)C(O)C(O)c1ccc2ccccc2c1. The first kappa shape index (κ1) is 14.0. The topological polar surface area (TPSA) is 40.5 Å². The van der Waals surface area contributed by atoms with Crippen LogP contribution in [0.2, 0.25) is 0 Å². The van der Waals surface area contributed by atoms with Crippen LogP contribution in [0.5, 0.6) is 0 Å². The van der Waals surface area contributed by atoms with Gasteiger partial charge in [0.1, 0.15) is 6.10 Å². The molecule has 2 atom stereocenters. The number of hydrogen-bond acceptors (Lipinski definition) is 2. The molecule has 2 heteroatoms. The Morgan fingerprint density at radius 2 is 1.53 bits per heavy atom. The predicted molar refractivity (Wildman–Crippen MR) is 79.0 cm³/mol. The van der Waals surface area contributed by atoms with E-state index in [0.717, 1.165) is 29.2 Å². The number of aliphatic hydroxyl groups is 2. The largest absolute Gasteiger partial charge is 0.390 e. The number of aliphatic hydroxyl groups excluding tert-OH is 2. The van der Waals surface area contributed by atoms with Crippen LogP contribution in [0.15, 0.2) is 42.5 Å². The van der Waals surface area contributed by atoms with Crippen LogP contribution in [0.4, 0.5) is 0 Å². The van der Waals surface area contributed by atoms with E-state index in [4.69, 9.17) is 0 Å². The minimum atomic E-state index is -0.811. The summed E-state index contributed by atoms with van der Waals surface area (Å²) in [4.78, 5) is 0. The molecule has 0 saturated heterocycles. The summed E-state index contributed by atoms with van der Waals surface area (Å²) in [5, 5.41) is 22.8. The van der Waals surface area contributed by atoms with E-state index in [1.54, 1.807) is 0 Å². The molecule has 2 aromatic carbocycles. The van der Waals surface area contributed by atoms with Gasteiger partial charge in [-0.05, 0) is 28.3 Å². The van der Waals surface area contributed by atoms with Crippen molar-refractivity contribution in [2.24, 2.45) is 5.92 Å². The fraction of sp³-hybridized carbons (Fsp3) is 0.412. The maximum absolute atomic E-state index is 10.3. The second kappa shape index (κ2) is 6.18. The molecule has 0 bridgehead atoms. The lowest BCUT2D eigenvalue weighted by Crippen LogP contribution is -2.27. The molecule has 0 radical (unpaired) electrons. The van der Waals surface area contributed by atoms with Crippen LogP contribution in [0.1, 0.15) is 38.4 Å². The standard InChI is InChI=1S/C17H22O2/c1-3-12(4-2)16(18)17(19)15-10-9-13-7-5-6-8-14(13)11-15/h5-12,16-19H,3-4H2,1-2H3. The number of benzene rings is 2. The molecule has 2 aromatic rings. The molecular formula is C17H22O2. The highest BCUT2D eigenvalue weighted by Gasteiger charge is 2.25. The Kier molecular flexibility index (Phi) is 4.56. The molecule has 0 aliphatic heterocycles. The third-order valence-electron chi connectivity index (χ3n) is 3.97. The Morgan fingerprint density at radius 3 is 2.16 bits per heavy atom. The summed E-state index contributed by atoms with van der Waals surface area (Å²) >= 11 is 0. The van der Waals surface area contributed by atoms with E-state index in [2.05, 4.69) is 0 Å². The molecule has 2 N–H and O–H groups in total. The Balaban J connectivity index is 2.28. The third-order valence-corrected chi connectivity index (χ3v) is 3.97. The van der Waals surface area contributed by atoms with E-state index >= 15 is 0 Å². The first-order valence-corrected chi connectivity index (χ1v) is 7.02. The van der Waals surface area contributed by atoms with Gasteiger partial charge in [0.15, 0.2) is 0 Å². The zero-order valence-corrected chi connectivity index (χ0v) is 11.6. The van der Waals surface area contributed by atoms with Gasteiger partial charge in [-0.15, -0.1) is 0 Å². The average Bonchev–Trinajstić information content (AvgIpc) is 2.47. The Labute approximate surface area is 114 Å². The van der Waals surface area contributed by atoms with Crippen molar-refractivity contribution in [3.8, 4) is 0 Å². The lowest BCUT2D eigenvalue weighted by molar-refractivity contribution is -0.0208. The van der Waals surface area contributed by atoms with E-state index in [9.17, 15) is 10.2 Å². The summed E-state index contributed by atoms with van der Waals surface area (Å²) in [6.07, 6.45) is 0.246. The molecule has 2 nitrogen and oxygen atoms in total. The van der Waals surface area contributed by atoms with Gasteiger partial charge in [0.25, 0.3) is 0 Å². The minimum Gasteiger partial charge on any atom is -0.390 e. The van der Waals surface area contributed by atoms with Gasteiger partial charge in [0.05, 0.1) is 6.10 Å². The van der Waals surface area contributed by atoms with Crippen molar-refractivity contribution < 1.29 is 10.2 Å². The highest BCUT2D eigenvalue weighted by molar-refractivity contribution is 5.83. The monoisotopic (exact) mass is 258 g/mol. The highest BCUT2D eigenvalue weighted by Crippen LogP contribution is 2.28. The van der Waals surface area contributed by atoms with Gasteiger partial charge in [-0.3, -0.25) is 0 Å². The number of rotatable bonds is 5. The van der Waals surface area contributed by atoms with E-state index in [1.807, 2.05) is 56.3 Å². The van der Waals surface area contributed by atoms with E-state index in [0.29, 0.717) is 0 Å². The molecule has 0 saturated carbocycles. The van der Waals surface area contributed by atoms with Crippen LogP contribution in [-0.4, -0.2) is 16.3 Å². The lowest BCUT2D eigenvalue weighted by atomic mass is 9.89. The van der Waals surface area contributed by atoms with Crippen LogP contribution in [0.3, 0.4) is 0 Å². The molecule has 0 amide bonds. The summed E-state index contributed by atoms with van der Waals surface area (Å²) < 4.78 is 0. The van der Waals surface area contributed by atoms with Gasteiger partial charge in [-0.2, -0.15) is 0 Å². The Hall–Kier alpha value is -1.38. The molecule has 102 valence electrons. The molecular weight excluding hydrogens is 236 g/mol. The van der Waals surface area contributed by atoms with Gasteiger partial charge in [-0.1, -0.05) is 63.1 Å². The molecule has 0 spiro atoms. The minimum absolute atomic E-state index is 0.140. The normalized spacial score (nSPS) is 14.8. The van der Waals surface area contributed by atoms with Crippen molar-refractivity contribution in [3.63, 3.8) is 0 Å². The molecule has 0 fully saturated rings. The van der Waals surface area contributed by atoms with E-state index in [1.165, 1.54) is 0 Å². The predicted octanol–water partition coefficient (Wildman–Crippen LogP) is 3.67. The van der Waals surface area contributed by atoms with Gasteiger partial charge in [0, 0.05) is 0 Å². The zero-order chi connectivity index (χ0) is 13.8. The van der Waals surface area contributed by atoms with Crippen molar-refractivity contribution >= 4 is 10.8 Å². The quantitative estimate of drug-likeness (QED) is 0.859. The molecule has 2 rings (SSSR count). The van der Waals surface area contributed by atoms with Gasteiger partial charge >= 0.3 is 0 Å². The maximum atomic E-state index is 10.3. The van der Waals surface area contributed by atoms with Gasteiger partial charge < -0.3 is 10.2 Å². The average molecular weight is 258 g/mol. The van der Waals surface area contributed by atoms with Crippen LogP contribution >= 0.6 is 0 Å². The smallest absolute Gasteiger partial charge is 0.105 e. The Bertz CT molecular complexity index is 532. The summed E-state index contributed by atoms with van der Waals surface area (Å²) in [5.41, 5.74) is 0.790. The number of hydrogen-bond donors (Lipinski definition) is 2. The fourth-order valence-electron chi connectivity index (χ4n) is 2.62. The number of fused-ring (bicyclic) bond motifs is 1. The summed E-state index contributed by atoms with van der Waals surface area (Å²) in [7, 11) is 0. The lowest BCUT2D eigenvalue weighted by Gasteiger charge is -2.25. The first-order valence-electron chi connectivity index (χ1n) is 7.02. The highest BCUT2D eigenvalue weighted by atomic mass is 16.3. The van der Waals surface area contributed by atoms with Gasteiger partial charge in [-0.25, -0.2) is 0 Å².